The lowest BCUT2D eigenvalue weighted by Crippen LogP contribution is -1.93. The molecule has 0 amide bonds. The normalized spacial score (nSPS) is 11.7. The molecular weight excluding hydrogens is 649 g/mol. The first-order valence-corrected chi connectivity index (χ1v) is 18.8. The molecule has 250 valence electrons. The third kappa shape index (κ3) is 4.78. The van der Waals surface area contributed by atoms with Gasteiger partial charge >= 0.3 is 0 Å². The van der Waals surface area contributed by atoms with E-state index in [2.05, 4.69) is 206 Å². The van der Waals surface area contributed by atoms with Gasteiger partial charge < -0.3 is 0 Å². The minimum atomic E-state index is 1.22. The van der Waals surface area contributed by atoms with Crippen molar-refractivity contribution < 1.29 is 0 Å². The number of fused-ring (bicyclic) bond motifs is 8. The van der Waals surface area contributed by atoms with E-state index in [1.807, 2.05) is 0 Å². The second-order valence-corrected chi connectivity index (χ2v) is 14.4. The fraction of sp³-hybridized carbons (Fsp3) is 0. The topological polar surface area (TPSA) is 0 Å². The highest BCUT2D eigenvalue weighted by atomic mass is 14.2. The Kier molecular flexibility index (Phi) is 6.97. The van der Waals surface area contributed by atoms with E-state index in [0.29, 0.717) is 0 Å². The summed E-state index contributed by atoms with van der Waals surface area (Å²) in [4.78, 5) is 0. The number of rotatable bonds is 4. The molecule has 0 nitrogen and oxygen atoms in total. The van der Waals surface area contributed by atoms with Gasteiger partial charge in [0.15, 0.2) is 0 Å². The zero-order valence-corrected chi connectivity index (χ0v) is 29.6. The minimum absolute atomic E-state index is 1.22. The lowest BCUT2D eigenvalue weighted by molar-refractivity contribution is 1.64. The number of benzene rings is 11. The van der Waals surface area contributed by atoms with Crippen molar-refractivity contribution in [1.82, 2.24) is 0 Å². The summed E-state index contributed by atoms with van der Waals surface area (Å²) in [5.74, 6) is 0. The monoisotopic (exact) mass is 682 g/mol. The molecule has 0 aromatic heterocycles. The van der Waals surface area contributed by atoms with Crippen molar-refractivity contribution in [1.29, 1.82) is 0 Å². The highest BCUT2D eigenvalue weighted by Crippen LogP contribution is 2.47. The molecule has 0 radical (unpaired) electrons. The van der Waals surface area contributed by atoms with Crippen LogP contribution in [-0.4, -0.2) is 0 Å². The summed E-state index contributed by atoms with van der Waals surface area (Å²) < 4.78 is 0. The maximum Gasteiger partial charge on any atom is -0.00259 e. The number of hydrogen-bond donors (Lipinski definition) is 0. The Bertz CT molecular complexity index is 3060. The Hall–Kier alpha value is -7.02. The van der Waals surface area contributed by atoms with Crippen molar-refractivity contribution in [2.24, 2.45) is 0 Å². The summed E-state index contributed by atoms with van der Waals surface area (Å²) in [5.41, 5.74) is 9.91. The van der Waals surface area contributed by atoms with Gasteiger partial charge in [0.25, 0.3) is 0 Å². The first-order valence-electron chi connectivity index (χ1n) is 18.8. The summed E-state index contributed by atoms with van der Waals surface area (Å²) in [6.45, 7) is 0. The van der Waals surface area contributed by atoms with Gasteiger partial charge in [0, 0.05) is 0 Å². The molecule has 0 N–H and O–H groups in total. The molecule has 0 unspecified atom stereocenters. The van der Waals surface area contributed by atoms with E-state index >= 15 is 0 Å². The average Bonchev–Trinajstić information content (AvgIpc) is 3.25. The zero-order valence-electron chi connectivity index (χ0n) is 29.6. The summed E-state index contributed by atoms with van der Waals surface area (Å²) in [7, 11) is 0. The lowest BCUT2D eigenvalue weighted by Gasteiger charge is -2.20. The van der Waals surface area contributed by atoms with Crippen LogP contribution in [0, 0.1) is 0 Å². The average molecular weight is 683 g/mol. The van der Waals surface area contributed by atoms with Crippen molar-refractivity contribution >= 4 is 64.6 Å². The van der Waals surface area contributed by atoms with E-state index in [1.54, 1.807) is 0 Å². The standard InChI is InChI=1S/C54H34/c1-3-15-35(16-4-1)53-47-29-27-39(49-31-37-19-7-9-21-41(37)43-23-11-13-25-45(43)49)33-51(47)54(36-17-5-2-6-18-36)52-34-40(28-30-48(52)53)50-32-38-20-8-10-22-42(38)44-24-12-14-26-46(44)50/h1-34H. The maximum absolute atomic E-state index is 2.46. The minimum Gasteiger partial charge on any atom is -0.0622 e. The molecular formula is C54H34. The summed E-state index contributed by atoms with van der Waals surface area (Å²) >= 11 is 0. The van der Waals surface area contributed by atoms with Crippen LogP contribution in [-0.2, 0) is 0 Å². The van der Waals surface area contributed by atoms with Gasteiger partial charge in [0.1, 0.15) is 0 Å². The van der Waals surface area contributed by atoms with Crippen LogP contribution in [0.3, 0.4) is 0 Å². The van der Waals surface area contributed by atoms with E-state index in [1.165, 1.54) is 109 Å². The van der Waals surface area contributed by atoms with E-state index in [9.17, 15) is 0 Å². The molecule has 11 aromatic rings. The van der Waals surface area contributed by atoms with Gasteiger partial charge in [-0.2, -0.15) is 0 Å². The second kappa shape index (κ2) is 12.3. The Labute approximate surface area is 314 Å². The van der Waals surface area contributed by atoms with E-state index in [0.717, 1.165) is 0 Å². The Morgan fingerprint density at radius 1 is 0.185 bits per heavy atom. The van der Waals surface area contributed by atoms with Gasteiger partial charge in [-0.1, -0.05) is 182 Å². The maximum atomic E-state index is 2.46. The van der Waals surface area contributed by atoms with Crippen LogP contribution >= 0.6 is 0 Å². The zero-order chi connectivity index (χ0) is 35.6. The fourth-order valence-electron chi connectivity index (χ4n) is 8.98. The first-order chi connectivity index (χ1) is 26.8. The largest absolute Gasteiger partial charge is 0.0622 e. The predicted molar refractivity (Wildman–Crippen MR) is 233 cm³/mol. The van der Waals surface area contributed by atoms with Crippen LogP contribution < -0.4 is 0 Å². The molecule has 0 aliphatic heterocycles. The molecule has 0 saturated heterocycles. The van der Waals surface area contributed by atoms with Gasteiger partial charge in [-0.25, -0.2) is 0 Å². The van der Waals surface area contributed by atoms with Gasteiger partial charge in [-0.3, -0.25) is 0 Å². The van der Waals surface area contributed by atoms with E-state index in [-0.39, 0.29) is 0 Å². The first kappa shape index (κ1) is 30.6. The van der Waals surface area contributed by atoms with Crippen molar-refractivity contribution in [3.63, 3.8) is 0 Å². The Morgan fingerprint density at radius 2 is 0.537 bits per heavy atom. The lowest BCUT2D eigenvalue weighted by atomic mass is 9.83. The van der Waals surface area contributed by atoms with Crippen LogP contribution in [0.1, 0.15) is 0 Å². The second-order valence-electron chi connectivity index (χ2n) is 14.4. The molecule has 0 fully saturated rings. The van der Waals surface area contributed by atoms with Gasteiger partial charge in [0.2, 0.25) is 0 Å². The molecule has 0 atom stereocenters. The Morgan fingerprint density at radius 3 is 0.981 bits per heavy atom. The molecule has 11 aromatic carbocycles. The molecule has 0 aliphatic carbocycles. The molecule has 0 heterocycles. The van der Waals surface area contributed by atoms with Crippen molar-refractivity contribution in [2.45, 2.75) is 0 Å². The SMILES string of the molecule is c1ccc(-c2c3ccc(-c4cc5ccccc5c5ccccc45)cc3c(-c3ccccc3)c3cc(-c4cc5ccccc5c5ccccc45)ccc23)cc1. The van der Waals surface area contributed by atoms with Crippen LogP contribution in [0.2, 0.25) is 0 Å². The van der Waals surface area contributed by atoms with Crippen LogP contribution in [0.4, 0.5) is 0 Å². The van der Waals surface area contributed by atoms with Crippen LogP contribution in [0.15, 0.2) is 206 Å². The highest BCUT2D eigenvalue weighted by molar-refractivity contribution is 6.24. The molecule has 0 saturated carbocycles. The highest BCUT2D eigenvalue weighted by Gasteiger charge is 2.20. The molecule has 0 bridgehead atoms. The molecule has 0 spiro atoms. The van der Waals surface area contributed by atoms with E-state index in [4.69, 9.17) is 0 Å². The molecule has 0 heteroatoms. The summed E-state index contributed by atoms with van der Waals surface area (Å²) in [6, 6.07) is 76.2. The molecule has 0 aliphatic rings. The van der Waals surface area contributed by atoms with Crippen LogP contribution in [0.5, 0.6) is 0 Å². The van der Waals surface area contributed by atoms with E-state index < -0.39 is 0 Å². The van der Waals surface area contributed by atoms with Crippen molar-refractivity contribution in [3.05, 3.63) is 206 Å². The quantitative estimate of drug-likeness (QED) is 0.128. The third-order valence-electron chi connectivity index (χ3n) is 11.4. The van der Waals surface area contributed by atoms with Crippen molar-refractivity contribution in [3.8, 4) is 44.5 Å². The van der Waals surface area contributed by atoms with Gasteiger partial charge in [0.05, 0.1) is 0 Å². The summed E-state index contributed by atoms with van der Waals surface area (Å²) in [5, 5.41) is 15.2. The summed E-state index contributed by atoms with van der Waals surface area (Å²) in [6.07, 6.45) is 0. The Balaban J connectivity index is 1.28. The predicted octanol–water partition coefficient (Wildman–Crippen LogP) is 15.3. The smallest absolute Gasteiger partial charge is 0.00259 e. The fourth-order valence-corrected chi connectivity index (χ4v) is 8.98. The van der Waals surface area contributed by atoms with Gasteiger partial charge in [-0.05, 0) is 133 Å². The van der Waals surface area contributed by atoms with Gasteiger partial charge in [-0.15, -0.1) is 0 Å². The molecule has 11 rings (SSSR count). The van der Waals surface area contributed by atoms with Crippen molar-refractivity contribution in [2.75, 3.05) is 0 Å². The number of hydrogen-bond acceptors (Lipinski definition) is 0. The van der Waals surface area contributed by atoms with Crippen LogP contribution in [0.25, 0.3) is 109 Å². The third-order valence-corrected chi connectivity index (χ3v) is 11.4. The molecule has 54 heavy (non-hydrogen) atoms.